The number of amides is 1. The third-order valence-corrected chi connectivity index (χ3v) is 3.98. The van der Waals surface area contributed by atoms with Gasteiger partial charge in [0.15, 0.2) is 0 Å². The molecule has 1 amide bonds. The van der Waals surface area contributed by atoms with Gasteiger partial charge in [0.05, 0.1) is 5.25 Å². The van der Waals surface area contributed by atoms with Crippen molar-refractivity contribution in [3.05, 3.63) is 59.9 Å². The number of thioether (sulfide) groups is 1. The second kappa shape index (κ2) is 6.57. The molecule has 1 N–H and O–H groups in total. The van der Waals surface area contributed by atoms with E-state index in [-0.39, 0.29) is 17.0 Å². The van der Waals surface area contributed by atoms with Gasteiger partial charge in [-0.25, -0.2) is 4.39 Å². The summed E-state index contributed by atoms with van der Waals surface area (Å²) in [5.74, 6) is -0.388. The third kappa shape index (κ3) is 3.84. The first-order chi connectivity index (χ1) is 9.56. The zero-order chi connectivity index (χ0) is 14.5. The lowest BCUT2D eigenvalue weighted by atomic mass is 10.2. The van der Waals surface area contributed by atoms with Crippen LogP contribution in [0.15, 0.2) is 53.4 Å². The molecule has 2 aromatic rings. The molecular weight excluding hydrogens is 273 g/mol. The van der Waals surface area contributed by atoms with Gasteiger partial charge in [-0.1, -0.05) is 18.2 Å². The Morgan fingerprint density at radius 2 is 1.90 bits per heavy atom. The monoisotopic (exact) mass is 289 g/mol. The van der Waals surface area contributed by atoms with Crippen molar-refractivity contribution >= 4 is 23.4 Å². The van der Waals surface area contributed by atoms with E-state index in [4.69, 9.17) is 0 Å². The van der Waals surface area contributed by atoms with Crippen LogP contribution in [0.5, 0.6) is 0 Å². The van der Waals surface area contributed by atoms with E-state index < -0.39 is 0 Å². The Hall–Kier alpha value is -1.81. The lowest BCUT2D eigenvalue weighted by Gasteiger charge is -2.13. The SMILES string of the molecule is Cc1cc(F)ccc1NC(=O)[C@H](C)Sc1ccccc1. The number of hydrogen-bond acceptors (Lipinski definition) is 2. The maximum atomic E-state index is 13.0. The molecule has 0 heterocycles. The highest BCUT2D eigenvalue weighted by Gasteiger charge is 2.15. The van der Waals surface area contributed by atoms with Crippen molar-refractivity contribution in [1.29, 1.82) is 0 Å². The number of carbonyl (C=O) groups is 1. The van der Waals surface area contributed by atoms with Crippen molar-refractivity contribution in [3.63, 3.8) is 0 Å². The van der Waals surface area contributed by atoms with Crippen LogP contribution in [0.4, 0.5) is 10.1 Å². The van der Waals surface area contributed by atoms with Gasteiger partial charge in [-0.05, 0) is 49.7 Å². The normalized spacial score (nSPS) is 11.9. The summed E-state index contributed by atoms with van der Waals surface area (Å²) in [4.78, 5) is 13.2. The molecule has 0 fully saturated rings. The smallest absolute Gasteiger partial charge is 0.237 e. The number of aryl methyl sites for hydroxylation is 1. The number of anilines is 1. The summed E-state index contributed by atoms with van der Waals surface area (Å²) >= 11 is 1.49. The van der Waals surface area contributed by atoms with Gasteiger partial charge in [0.2, 0.25) is 5.91 Å². The van der Waals surface area contributed by atoms with E-state index in [1.54, 1.807) is 13.0 Å². The number of nitrogens with one attached hydrogen (secondary N) is 1. The summed E-state index contributed by atoms with van der Waals surface area (Å²) in [5.41, 5.74) is 1.37. The molecule has 0 aliphatic rings. The molecule has 0 spiro atoms. The molecule has 2 aromatic carbocycles. The first-order valence-corrected chi connectivity index (χ1v) is 7.23. The highest BCUT2D eigenvalue weighted by Crippen LogP contribution is 2.24. The summed E-state index contributed by atoms with van der Waals surface area (Å²) in [6.07, 6.45) is 0. The van der Waals surface area contributed by atoms with Crippen LogP contribution in [0.1, 0.15) is 12.5 Å². The fourth-order valence-corrected chi connectivity index (χ4v) is 2.65. The van der Waals surface area contributed by atoms with Gasteiger partial charge in [-0.15, -0.1) is 11.8 Å². The van der Waals surface area contributed by atoms with Crippen LogP contribution in [0.2, 0.25) is 0 Å². The van der Waals surface area contributed by atoms with E-state index in [1.807, 2.05) is 37.3 Å². The van der Waals surface area contributed by atoms with Crippen LogP contribution in [-0.2, 0) is 4.79 Å². The maximum absolute atomic E-state index is 13.0. The number of carbonyl (C=O) groups excluding carboxylic acids is 1. The van der Waals surface area contributed by atoms with Crippen molar-refractivity contribution in [2.24, 2.45) is 0 Å². The van der Waals surface area contributed by atoms with E-state index in [0.717, 1.165) is 10.5 Å². The molecule has 2 rings (SSSR count). The fraction of sp³-hybridized carbons (Fsp3) is 0.188. The number of rotatable bonds is 4. The Kier molecular flexibility index (Phi) is 4.79. The molecule has 20 heavy (non-hydrogen) atoms. The summed E-state index contributed by atoms with van der Waals surface area (Å²) in [6.45, 7) is 3.62. The van der Waals surface area contributed by atoms with Gasteiger partial charge in [0, 0.05) is 10.6 Å². The average Bonchev–Trinajstić information content (AvgIpc) is 2.43. The van der Waals surface area contributed by atoms with Crippen molar-refractivity contribution in [2.45, 2.75) is 24.0 Å². The van der Waals surface area contributed by atoms with Gasteiger partial charge in [0.1, 0.15) is 5.82 Å². The van der Waals surface area contributed by atoms with Gasteiger partial charge in [-0.3, -0.25) is 4.79 Å². The highest BCUT2D eigenvalue weighted by molar-refractivity contribution is 8.00. The van der Waals surface area contributed by atoms with E-state index in [1.165, 1.54) is 23.9 Å². The molecule has 1 atom stereocenters. The number of benzene rings is 2. The Morgan fingerprint density at radius 3 is 2.55 bits per heavy atom. The number of hydrogen-bond donors (Lipinski definition) is 1. The second-order valence-corrected chi connectivity index (χ2v) is 5.94. The molecule has 0 aromatic heterocycles. The quantitative estimate of drug-likeness (QED) is 0.852. The van der Waals surface area contributed by atoms with Gasteiger partial charge >= 0.3 is 0 Å². The molecule has 0 radical (unpaired) electrons. The summed E-state index contributed by atoms with van der Waals surface area (Å²) in [7, 11) is 0. The molecule has 4 heteroatoms. The molecule has 0 aliphatic carbocycles. The van der Waals surface area contributed by atoms with Crippen LogP contribution in [0.25, 0.3) is 0 Å². The average molecular weight is 289 g/mol. The van der Waals surface area contributed by atoms with Crippen LogP contribution < -0.4 is 5.32 Å². The van der Waals surface area contributed by atoms with Crippen LogP contribution in [0.3, 0.4) is 0 Å². The minimum atomic E-state index is -0.299. The number of halogens is 1. The van der Waals surface area contributed by atoms with Crippen molar-refractivity contribution in [2.75, 3.05) is 5.32 Å². The minimum absolute atomic E-state index is 0.0893. The van der Waals surface area contributed by atoms with E-state index in [9.17, 15) is 9.18 Å². The predicted molar refractivity (Wildman–Crippen MR) is 81.5 cm³/mol. The van der Waals surface area contributed by atoms with Crippen molar-refractivity contribution in [3.8, 4) is 0 Å². The highest BCUT2D eigenvalue weighted by atomic mass is 32.2. The van der Waals surface area contributed by atoms with Crippen molar-refractivity contribution < 1.29 is 9.18 Å². The molecule has 0 saturated carbocycles. The Bertz CT molecular complexity index is 601. The zero-order valence-electron chi connectivity index (χ0n) is 11.4. The molecule has 0 saturated heterocycles. The first-order valence-electron chi connectivity index (χ1n) is 6.35. The Balaban J connectivity index is 2.01. The third-order valence-electron chi connectivity index (χ3n) is 2.87. The van der Waals surface area contributed by atoms with Gasteiger partial charge < -0.3 is 5.32 Å². The molecule has 2 nitrogen and oxygen atoms in total. The van der Waals surface area contributed by atoms with E-state index in [2.05, 4.69) is 5.32 Å². The van der Waals surface area contributed by atoms with Crippen molar-refractivity contribution in [1.82, 2.24) is 0 Å². The summed E-state index contributed by atoms with van der Waals surface area (Å²) in [5, 5.41) is 2.61. The molecule has 0 bridgehead atoms. The second-order valence-electron chi connectivity index (χ2n) is 4.52. The van der Waals surface area contributed by atoms with E-state index in [0.29, 0.717) is 5.69 Å². The van der Waals surface area contributed by atoms with Crippen LogP contribution in [0, 0.1) is 12.7 Å². The lowest BCUT2D eigenvalue weighted by Crippen LogP contribution is -2.22. The Morgan fingerprint density at radius 1 is 1.20 bits per heavy atom. The predicted octanol–water partition coefficient (Wildman–Crippen LogP) is 4.25. The molecule has 0 aliphatic heterocycles. The largest absolute Gasteiger partial charge is 0.325 e. The maximum Gasteiger partial charge on any atom is 0.237 e. The van der Waals surface area contributed by atoms with Crippen LogP contribution >= 0.6 is 11.8 Å². The molecular formula is C16H16FNOS. The molecule has 0 unspecified atom stereocenters. The fourth-order valence-electron chi connectivity index (χ4n) is 1.76. The summed E-state index contributed by atoms with van der Waals surface area (Å²) < 4.78 is 13.0. The topological polar surface area (TPSA) is 29.1 Å². The zero-order valence-corrected chi connectivity index (χ0v) is 12.2. The molecule has 104 valence electrons. The summed E-state index contributed by atoms with van der Waals surface area (Å²) in [6, 6.07) is 14.1. The first kappa shape index (κ1) is 14.6. The minimum Gasteiger partial charge on any atom is -0.325 e. The van der Waals surface area contributed by atoms with Gasteiger partial charge in [-0.2, -0.15) is 0 Å². The Labute approximate surface area is 122 Å². The van der Waals surface area contributed by atoms with Crippen LogP contribution in [-0.4, -0.2) is 11.2 Å². The van der Waals surface area contributed by atoms with Gasteiger partial charge in [0.25, 0.3) is 0 Å². The van der Waals surface area contributed by atoms with E-state index >= 15 is 0 Å². The lowest BCUT2D eigenvalue weighted by molar-refractivity contribution is -0.115. The standard InChI is InChI=1S/C16H16FNOS/c1-11-10-13(17)8-9-15(11)18-16(19)12(2)20-14-6-4-3-5-7-14/h3-10,12H,1-2H3,(H,18,19)/t12-/m0/s1.